The third kappa shape index (κ3) is 2.47. The maximum Gasteiger partial charge on any atom is 0.278 e. The van der Waals surface area contributed by atoms with Crippen molar-refractivity contribution in [1.82, 2.24) is 0 Å². The Kier molecular flexibility index (Phi) is 3.59. The molecule has 2 rings (SSSR count). The van der Waals surface area contributed by atoms with Crippen molar-refractivity contribution < 1.29 is 19.5 Å². The molecule has 0 aliphatic carbocycles. The molecular formula is C12H16N2O5. The van der Waals surface area contributed by atoms with E-state index in [0.717, 1.165) is 0 Å². The molecule has 1 aliphatic heterocycles. The number of nitro groups is 1. The molecule has 0 saturated carbocycles. The van der Waals surface area contributed by atoms with E-state index in [2.05, 4.69) is 0 Å². The third-order valence-electron chi connectivity index (χ3n) is 3.13. The number of aliphatic hydroxyl groups is 1. The minimum Gasteiger partial charge on any atom is -0.454 e. The molecule has 1 aromatic carbocycles. The monoisotopic (exact) mass is 268 g/mol. The second kappa shape index (κ2) is 5.02. The summed E-state index contributed by atoms with van der Waals surface area (Å²) in [5, 5.41) is 21.1. The van der Waals surface area contributed by atoms with Crippen molar-refractivity contribution >= 4 is 5.69 Å². The van der Waals surface area contributed by atoms with Crippen LogP contribution in [0, 0.1) is 16.0 Å². The smallest absolute Gasteiger partial charge is 0.278 e. The van der Waals surface area contributed by atoms with Gasteiger partial charge in [-0.1, -0.05) is 13.8 Å². The van der Waals surface area contributed by atoms with Crippen LogP contribution < -0.4 is 15.2 Å². The predicted octanol–water partition coefficient (Wildman–Crippen LogP) is 1.34. The first-order valence-electron chi connectivity index (χ1n) is 5.93. The van der Waals surface area contributed by atoms with E-state index in [9.17, 15) is 15.2 Å². The Morgan fingerprint density at radius 3 is 2.47 bits per heavy atom. The van der Waals surface area contributed by atoms with Crippen LogP contribution in [0.2, 0.25) is 0 Å². The van der Waals surface area contributed by atoms with Gasteiger partial charge in [0.2, 0.25) is 6.79 Å². The van der Waals surface area contributed by atoms with Crippen LogP contribution in [0.4, 0.5) is 5.69 Å². The van der Waals surface area contributed by atoms with Gasteiger partial charge in [-0.15, -0.1) is 0 Å². The summed E-state index contributed by atoms with van der Waals surface area (Å²) < 4.78 is 10.3. The van der Waals surface area contributed by atoms with Gasteiger partial charge < -0.3 is 20.3 Å². The van der Waals surface area contributed by atoms with Crippen molar-refractivity contribution in [3.05, 3.63) is 27.8 Å². The van der Waals surface area contributed by atoms with E-state index in [-0.39, 0.29) is 24.0 Å². The zero-order valence-electron chi connectivity index (χ0n) is 10.7. The van der Waals surface area contributed by atoms with Crippen LogP contribution in [0.5, 0.6) is 11.5 Å². The SMILES string of the molecule is CC(C)[C@H](O)[C@H](N)c1cc2c(cc1[N+](=O)[O-])OCO2. The Morgan fingerprint density at radius 2 is 1.95 bits per heavy atom. The van der Waals surface area contributed by atoms with E-state index in [0.29, 0.717) is 11.5 Å². The van der Waals surface area contributed by atoms with Crippen molar-refractivity contribution in [3.63, 3.8) is 0 Å². The fourth-order valence-corrected chi connectivity index (χ4v) is 1.97. The number of rotatable bonds is 4. The summed E-state index contributed by atoms with van der Waals surface area (Å²) in [5.74, 6) is 0.619. The number of nitrogens with zero attached hydrogens (tertiary/aromatic N) is 1. The number of nitrogens with two attached hydrogens (primary N) is 1. The van der Waals surface area contributed by atoms with Crippen molar-refractivity contribution in [2.75, 3.05) is 6.79 Å². The molecule has 2 atom stereocenters. The second-order valence-corrected chi connectivity index (χ2v) is 4.78. The molecular weight excluding hydrogens is 252 g/mol. The molecule has 104 valence electrons. The molecule has 0 unspecified atom stereocenters. The van der Waals surface area contributed by atoms with Gasteiger partial charge >= 0.3 is 0 Å². The van der Waals surface area contributed by atoms with Gasteiger partial charge in [0, 0.05) is 0 Å². The normalized spacial score (nSPS) is 16.5. The number of nitro benzene ring substituents is 1. The Bertz CT molecular complexity index is 503. The average Bonchev–Trinajstić information content (AvgIpc) is 2.82. The minimum absolute atomic E-state index is 0.0257. The first kappa shape index (κ1) is 13.6. The highest BCUT2D eigenvalue weighted by Crippen LogP contribution is 2.40. The number of ether oxygens (including phenoxy) is 2. The van der Waals surface area contributed by atoms with E-state index in [1.807, 2.05) is 0 Å². The van der Waals surface area contributed by atoms with Gasteiger partial charge in [-0.3, -0.25) is 10.1 Å². The number of benzene rings is 1. The molecule has 1 aliphatic rings. The van der Waals surface area contributed by atoms with Gasteiger partial charge in [0.15, 0.2) is 11.5 Å². The van der Waals surface area contributed by atoms with Gasteiger partial charge in [-0.25, -0.2) is 0 Å². The Balaban J connectivity index is 2.46. The second-order valence-electron chi connectivity index (χ2n) is 4.78. The lowest BCUT2D eigenvalue weighted by atomic mass is 9.93. The molecule has 0 bridgehead atoms. The highest BCUT2D eigenvalue weighted by molar-refractivity contribution is 5.56. The highest BCUT2D eigenvalue weighted by atomic mass is 16.7. The molecule has 0 amide bonds. The average molecular weight is 268 g/mol. The van der Waals surface area contributed by atoms with Gasteiger partial charge in [-0.05, 0) is 12.0 Å². The van der Waals surface area contributed by atoms with Gasteiger partial charge in [-0.2, -0.15) is 0 Å². The van der Waals surface area contributed by atoms with Crippen LogP contribution in [-0.2, 0) is 0 Å². The quantitative estimate of drug-likeness (QED) is 0.630. The highest BCUT2D eigenvalue weighted by Gasteiger charge is 2.30. The Labute approximate surface area is 110 Å². The van der Waals surface area contributed by atoms with Crippen LogP contribution in [-0.4, -0.2) is 22.9 Å². The summed E-state index contributed by atoms with van der Waals surface area (Å²) >= 11 is 0. The molecule has 0 aromatic heterocycles. The maximum atomic E-state index is 11.1. The first-order valence-corrected chi connectivity index (χ1v) is 5.93. The maximum absolute atomic E-state index is 11.1. The van der Waals surface area contributed by atoms with Crippen molar-refractivity contribution in [2.24, 2.45) is 11.7 Å². The number of hydrogen-bond acceptors (Lipinski definition) is 6. The molecule has 0 fully saturated rings. The summed E-state index contributed by atoms with van der Waals surface area (Å²) in [6.07, 6.45) is -0.876. The molecule has 7 heteroatoms. The van der Waals surface area contributed by atoms with E-state index < -0.39 is 17.1 Å². The van der Waals surface area contributed by atoms with E-state index in [4.69, 9.17) is 15.2 Å². The standard InChI is InChI=1S/C12H16N2O5/c1-6(2)12(15)11(13)7-3-9-10(19-5-18-9)4-8(7)14(16)17/h3-4,6,11-12,15H,5,13H2,1-2H3/t11-,12+/m1/s1. The summed E-state index contributed by atoms with van der Waals surface area (Å²) in [4.78, 5) is 10.6. The van der Waals surface area contributed by atoms with E-state index in [1.165, 1.54) is 12.1 Å². The molecule has 3 N–H and O–H groups in total. The summed E-state index contributed by atoms with van der Waals surface area (Å²) in [5.41, 5.74) is 6.00. The van der Waals surface area contributed by atoms with Crippen LogP contribution in [0.15, 0.2) is 12.1 Å². The Morgan fingerprint density at radius 1 is 1.37 bits per heavy atom. The fraction of sp³-hybridized carbons (Fsp3) is 0.500. The van der Waals surface area contributed by atoms with E-state index >= 15 is 0 Å². The third-order valence-corrected chi connectivity index (χ3v) is 3.13. The minimum atomic E-state index is -0.876. The summed E-state index contributed by atoms with van der Waals surface area (Å²) in [6.45, 7) is 3.62. The molecule has 1 heterocycles. The Hall–Kier alpha value is -1.86. The largest absolute Gasteiger partial charge is 0.454 e. The molecule has 0 spiro atoms. The lowest BCUT2D eigenvalue weighted by Crippen LogP contribution is -2.31. The fourth-order valence-electron chi connectivity index (χ4n) is 1.97. The summed E-state index contributed by atoms with van der Waals surface area (Å²) in [7, 11) is 0. The zero-order chi connectivity index (χ0) is 14.2. The first-order chi connectivity index (χ1) is 8.91. The zero-order valence-corrected chi connectivity index (χ0v) is 10.7. The van der Waals surface area contributed by atoms with Crippen LogP contribution >= 0.6 is 0 Å². The number of hydrogen-bond donors (Lipinski definition) is 2. The van der Waals surface area contributed by atoms with Gasteiger partial charge in [0.1, 0.15) is 0 Å². The molecule has 0 radical (unpaired) electrons. The molecule has 7 nitrogen and oxygen atoms in total. The van der Waals surface area contributed by atoms with Crippen LogP contribution in [0.25, 0.3) is 0 Å². The number of aliphatic hydroxyl groups excluding tert-OH is 1. The van der Waals surface area contributed by atoms with Crippen molar-refractivity contribution in [1.29, 1.82) is 0 Å². The predicted molar refractivity (Wildman–Crippen MR) is 67.0 cm³/mol. The molecule has 0 saturated heterocycles. The topological polar surface area (TPSA) is 108 Å². The van der Waals surface area contributed by atoms with Crippen LogP contribution in [0.3, 0.4) is 0 Å². The summed E-state index contributed by atoms with van der Waals surface area (Å²) in [6, 6.07) is 1.90. The number of fused-ring (bicyclic) bond motifs is 1. The van der Waals surface area contributed by atoms with Gasteiger partial charge in [0.05, 0.1) is 28.7 Å². The lowest BCUT2D eigenvalue weighted by molar-refractivity contribution is -0.385. The van der Waals surface area contributed by atoms with Crippen molar-refractivity contribution in [3.8, 4) is 11.5 Å². The lowest BCUT2D eigenvalue weighted by Gasteiger charge is -2.22. The van der Waals surface area contributed by atoms with Crippen molar-refractivity contribution in [2.45, 2.75) is 26.0 Å². The van der Waals surface area contributed by atoms with Crippen LogP contribution in [0.1, 0.15) is 25.5 Å². The van der Waals surface area contributed by atoms with Gasteiger partial charge in [0.25, 0.3) is 5.69 Å². The molecule has 1 aromatic rings. The van der Waals surface area contributed by atoms with E-state index in [1.54, 1.807) is 13.8 Å². The molecule has 19 heavy (non-hydrogen) atoms.